The number of ketones is 1. The Hall–Kier alpha value is -3.23. The molecule has 0 atom stereocenters. The fourth-order valence-electron chi connectivity index (χ4n) is 4.12. The van der Waals surface area contributed by atoms with Crippen molar-refractivity contribution in [3.8, 4) is 11.3 Å². The lowest BCUT2D eigenvalue weighted by molar-refractivity contribution is 0.0943. The summed E-state index contributed by atoms with van der Waals surface area (Å²) in [4.78, 5) is 18.0. The van der Waals surface area contributed by atoms with Gasteiger partial charge in [0.05, 0.1) is 23.2 Å². The Morgan fingerprint density at radius 2 is 2.03 bits per heavy atom. The number of aliphatic hydroxyl groups is 1. The maximum absolute atomic E-state index is 13.8. The van der Waals surface area contributed by atoms with Gasteiger partial charge in [0.15, 0.2) is 11.4 Å². The number of hydrogen-bond acceptors (Lipinski definition) is 6. The van der Waals surface area contributed by atoms with Crippen molar-refractivity contribution in [2.75, 3.05) is 11.9 Å². The first-order chi connectivity index (χ1) is 17.2. The van der Waals surface area contributed by atoms with E-state index in [1.165, 1.54) is 23.9 Å². The average Bonchev–Trinajstić information content (AvgIpc) is 3.52. The standard InChI is InChI=1S/C28H29FN4O2S/c1-17-11-19(9-10-22(17)25(34)12-18-7-8-18)24-15-30-27-23(31-16-28(2,3)35)14-26(32-33(24)27)36-21-6-4-5-20(29)13-21/h4-6,9-11,13-15,18,31,35H,7-8,12,16H2,1-3H3. The van der Waals surface area contributed by atoms with Gasteiger partial charge in [-0.3, -0.25) is 4.79 Å². The number of benzene rings is 2. The smallest absolute Gasteiger partial charge is 0.177 e. The topological polar surface area (TPSA) is 79.5 Å². The van der Waals surface area contributed by atoms with Crippen LogP contribution in [0.5, 0.6) is 0 Å². The quantitative estimate of drug-likeness (QED) is 0.266. The van der Waals surface area contributed by atoms with Crippen molar-refractivity contribution in [2.45, 2.75) is 55.6 Å². The number of rotatable bonds is 9. The van der Waals surface area contributed by atoms with Crippen LogP contribution in [0.1, 0.15) is 49.0 Å². The van der Waals surface area contributed by atoms with Crippen LogP contribution in [0, 0.1) is 18.7 Å². The van der Waals surface area contributed by atoms with E-state index in [4.69, 9.17) is 5.10 Å². The Morgan fingerprint density at radius 3 is 2.72 bits per heavy atom. The predicted octanol–water partition coefficient (Wildman–Crippen LogP) is 6.16. The Balaban J connectivity index is 1.54. The molecule has 0 radical (unpaired) electrons. The van der Waals surface area contributed by atoms with Crippen molar-refractivity contribution in [2.24, 2.45) is 5.92 Å². The van der Waals surface area contributed by atoms with E-state index in [9.17, 15) is 14.3 Å². The number of anilines is 1. The number of aromatic nitrogens is 3. The van der Waals surface area contributed by atoms with Crippen LogP contribution in [0.3, 0.4) is 0 Å². The van der Waals surface area contributed by atoms with E-state index in [0.29, 0.717) is 35.2 Å². The lowest BCUT2D eigenvalue weighted by atomic mass is 9.98. The minimum Gasteiger partial charge on any atom is -0.389 e. The molecule has 8 heteroatoms. The van der Waals surface area contributed by atoms with Gasteiger partial charge in [-0.1, -0.05) is 30.0 Å². The highest BCUT2D eigenvalue weighted by Gasteiger charge is 2.26. The van der Waals surface area contributed by atoms with E-state index in [0.717, 1.165) is 40.1 Å². The minimum atomic E-state index is -0.925. The molecule has 4 aromatic rings. The average molecular weight is 505 g/mol. The van der Waals surface area contributed by atoms with E-state index in [-0.39, 0.29) is 11.6 Å². The number of Topliss-reactive ketones (excluding diaryl/α,β-unsaturated/α-hetero) is 1. The van der Waals surface area contributed by atoms with Crippen LogP contribution in [0.2, 0.25) is 0 Å². The molecule has 2 heterocycles. The Morgan fingerprint density at radius 1 is 1.22 bits per heavy atom. The SMILES string of the molecule is Cc1cc(-c2cnc3c(NCC(C)(C)O)cc(Sc4cccc(F)c4)nn23)ccc1C(=O)CC1CC1. The third-order valence-corrected chi connectivity index (χ3v) is 7.07. The van der Waals surface area contributed by atoms with Gasteiger partial charge in [-0.25, -0.2) is 13.9 Å². The third kappa shape index (κ3) is 5.60. The number of hydrogen-bond donors (Lipinski definition) is 2. The third-order valence-electron chi connectivity index (χ3n) is 6.17. The van der Waals surface area contributed by atoms with Gasteiger partial charge < -0.3 is 10.4 Å². The molecule has 5 rings (SSSR count). The molecule has 186 valence electrons. The largest absolute Gasteiger partial charge is 0.389 e. The first kappa shape index (κ1) is 24.5. The molecule has 0 spiro atoms. The summed E-state index contributed by atoms with van der Waals surface area (Å²) in [7, 11) is 0. The molecule has 0 unspecified atom stereocenters. The summed E-state index contributed by atoms with van der Waals surface area (Å²) in [5, 5.41) is 19.0. The molecule has 0 bridgehead atoms. The molecule has 0 aliphatic heterocycles. The molecule has 1 aliphatic carbocycles. The van der Waals surface area contributed by atoms with Crippen LogP contribution in [0.15, 0.2) is 64.6 Å². The lowest BCUT2D eigenvalue weighted by Gasteiger charge is -2.19. The Labute approximate surface area is 214 Å². The van der Waals surface area contributed by atoms with E-state index >= 15 is 0 Å². The number of carbonyl (C=O) groups is 1. The number of halogens is 1. The van der Waals surface area contributed by atoms with E-state index < -0.39 is 5.60 Å². The van der Waals surface area contributed by atoms with Gasteiger partial charge in [-0.2, -0.15) is 5.10 Å². The van der Waals surface area contributed by atoms with Gasteiger partial charge in [0.25, 0.3) is 0 Å². The minimum absolute atomic E-state index is 0.199. The highest BCUT2D eigenvalue weighted by Crippen LogP contribution is 2.35. The van der Waals surface area contributed by atoms with Crippen molar-refractivity contribution < 1.29 is 14.3 Å². The molecule has 6 nitrogen and oxygen atoms in total. The monoisotopic (exact) mass is 504 g/mol. The summed E-state index contributed by atoms with van der Waals surface area (Å²) < 4.78 is 15.5. The van der Waals surface area contributed by atoms with Gasteiger partial charge in [0.1, 0.15) is 10.8 Å². The summed E-state index contributed by atoms with van der Waals surface area (Å²) in [5.41, 5.74) is 3.78. The molecule has 2 N–H and O–H groups in total. The summed E-state index contributed by atoms with van der Waals surface area (Å²) in [6.07, 6.45) is 4.68. The number of nitrogens with zero attached hydrogens (tertiary/aromatic N) is 3. The maximum atomic E-state index is 13.8. The molecular formula is C28H29FN4O2S. The zero-order valence-corrected chi connectivity index (χ0v) is 21.4. The van der Waals surface area contributed by atoms with Crippen molar-refractivity contribution in [1.82, 2.24) is 14.6 Å². The van der Waals surface area contributed by atoms with Crippen molar-refractivity contribution in [1.29, 1.82) is 0 Å². The van der Waals surface area contributed by atoms with Crippen LogP contribution < -0.4 is 5.32 Å². The fourth-order valence-corrected chi connectivity index (χ4v) is 4.97. The Kier molecular flexibility index (Phi) is 6.57. The lowest BCUT2D eigenvalue weighted by Crippen LogP contribution is -2.29. The first-order valence-electron chi connectivity index (χ1n) is 12.1. The van der Waals surface area contributed by atoms with Crippen LogP contribution >= 0.6 is 11.8 Å². The van der Waals surface area contributed by atoms with Gasteiger partial charge in [0, 0.05) is 29.0 Å². The molecule has 1 saturated carbocycles. The number of fused-ring (bicyclic) bond motifs is 1. The summed E-state index contributed by atoms with van der Waals surface area (Å²) >= 11 is 1.35. The maximum Gasteiger partial charge on any atom is 0.177 e. The highest BCUT2D eigenvalue weighted by molar-refractivity contribution is 7.99. The second-order valence-corrected chi connectivity index (χ2v) is 11.2. The van der Waals surface area contributed by atoms with Crippen LogP contribution in [0.4, 0.5) is 10.1 Å². The molecule has 36 heavy (non-hydrogen) atoms. The second-order valence-electron chi connectivity index (χ2n) is 10.1. The number of aryl methyl sites for hydroxylation is 1. The van der Waals surface area contributed by atoms with Gasteiger partial charge in [0.2, 0.25) is 0 Å². The normalized spacial score (nSPS) is 13.8. The van der Waals surface area contributed by atoms with E-state index in [1.807, 2.05) is 37.3 Å². The summed E-state index contributed by atoms with van der Waals surface area (Å²) in [5.74, 6) is 0.435. The molecule has 2 aromatic heterocycles. The van der Waals surface area contributed by atoms with Crippen molar-refractivity contribution >= 4 is 28.9 Å². The molecule has 0 amide bonds. The summed E-state index contributed by atoms with van der Waals surface area (Å²) in [6.45, 7) is 5.73. The second kappa shape index (κ2) is 9.67. The van der Waals surface area contributed by atoms with E-state index in [2.05, 4.69) is 10.3 Å². The molecule has 1 aliphatic rings. The number of carbonyl (C=O) groups excluding carboxylic acids is 1. The molecule has 0 saturated heterocycles. The van der Waals surface area contributed by atoms with Gasteiger partial charge >= 0.3 is 0 Å². The van der Waals surface area contributed by atoms with Crippen LogP contribution in [-0.2, 0) is 0 Å². The molecular weight excluding hydrogens is 475 g/mol. The van der Waals surface area contributed by atoms with Crippen LogP contribution in [-0.4, -0.2) is 37.6 Å². The van der Waals surface area contributed by atoms with Crippen molar-refractivity contribution in [3.63, 3.8) is 0 Å². The van der Waals surface area contributed by atoms with Crippen LogP contribution in [0.25, 0.3) is 16.9 Å². The summed E-state index contributed by atoms with van der Waals surface area (Å²) in [6, 6.07) is 14.1. The zero-order valence-electron chi connectivity index (χ0n) is 20.6. The van der Waals surface area contributed by atoms with Crippen molar-refractivity contribution in [3.05, 3.63) is 71.7 Å². The first-order valence-corrected chi connectivity index (χ1v) is 12.9. The van der Waals surface area contributed by atoms with Gasteiger partial charge in [-0.15, -0.1) is 0 Å². The number of nitrogens with one attached hydrogen (secondary N) is 1. The molecule has 2 aromatic carbocycles. The molecule has 1 fully saturated rings. The predicted molar refractivity (Wildman–Crippen MR) is 140 cm³/mol. The Bertz CT molecular complexity index is 1440. The van der Waals surface area contributed by atoms with Gasteiger partial charge in [-0.05, 0) is 75.4 Å². The number of imidazole rings is 1. The zero-order chi connectivity index (χ0) is 25.4. The van der Waals surface area contributed by atoms with E-state index in [1.54, 1.807) is 30.6 Å². The fraction of sp³-hybridized carbons (Fsp3) is 0.321. The highest BCUT2D eigenvalue weighted by atomic mass is 32.2.